The number of likely N-dealkylation sites (N-methyl/N-ethyl adjacent to an activating group) is 2. The van der Waals surface area contributed by atoms with E-state index in [-0.39, 0.29) is 24.8 Å². The summed E-state index contributed by atoms with van der Waals surface area (Å²) in [7, 11) is 0. The van der Waals surface area contributed by atoms with E-state index in [4.69, 9.17) is 9.47 Å². The predicted molar refractivity (Wildman–Crippen MR) is 122 cm³/mol. The van der Waals surface area contributed by atoms with Gasteiger partial charge in [0.1, 0.15) is 0 Å². The fraction of sp³-hybridized carbons (Fsp3) is 1.00. The maximum absolute atomic E-state index is 9.91. The first-order valence-electron chi connectivity index (χ1n) is 10.5. The van der Waals surface area contributed by atoms with Crippen LogP contribution in [0, 0.1) is 0 Å². The minimum Gasteiger partial charge on any atom is -0.389 e. The molecule has 174 valence electrons. The molecule has 0 aromatic rings. The molecule has 0 saturated carbocycles. The molecule has 2 unspecified atom stereocenters. The second-order valence-electron chi connectivity index (χ2n) is 6.84. The third kappa shape index (κ3) is 19.6. The van der Waals surface area contributed by atoms with E-state index >= 15 is 0 Å². The van der Waals surface area contributed by atoms with Crippen LogP contribution in [0.1, 0.15) is 53.4 Å². The van der Waals surface area contributed by atoms with Crippen LogP contribution in [-0.2, 0) is 9.47 Å². The smallest absolute Gasteiger partial charge is 0.0900 e. The van der Waals surface area contributed by atoms with Gasteiger partial charge in [-0.05, 0) is 39.0 Å². The van der Waals surface area contributed by atoms with Gasteiger partial charge in [0.25, 0.3) is 0 Å². The topological polar surface area (TPSA) is 65.4 Å². The Hall–Kier alpha value is 0.340. The molecular formula is C20H46Cl2N2O4. The summed E-state index contributed by atoms with van der Waals surface area (Å²) in [4.78, 5) is 4.40. The molecule has 0 spiro atoms. The molecule has 8 heteroatoms. The molecule has 0 saturated heterocycles. The molecule has 0 aliphatic carbocycles. The molecule has 0 heterocycles. The van der Waals surface area contributed by atoms with Crippen LogP contribution < -0.4 is 0 Å². The van der Waals surface area contributed by atoms with Crippen molar-refractivity contribution in [3.8, 4) is 0 Å². The Kier molecular flexibility index (Phi) is 27.8. The van der Waals surface area contributed by atoms with Crippen LogP contribution in [0.15, 0.2) is 0 Å². The Balaban J connectivity index is -0.00000312. The van der Waals surface area contributed by atoms with Gasteiger partial charge in [0.05, 0.1) is 25.4 Å². The third-order valence-corrected chi connectivity index (χ3v) is 4.67. The van der Waals surface area contributed by atoms with Crippen molar-refractivity contribution in [2.75, 3.05) is 65.7 Å². The third-order valence-electron chi connectivity index (χ3n) is 4.67. The number of halogens is 2. The average molecular weight is 450 g/mol. The van der Waals surface area contributed by atoms with E-state index in [2.05, 4.69) is 37.5 Å². The van der Waals surface area contributed by atoms with E-state index in [0.717, 1.165) is 51.9 Å². The Morgan fingerprint density at radius 1 is 0.607 bits per heavy atom. The van der Waals surface area contributed by atoms with E-state index in [1.165, 1.54) is 0 Å². The average Bonchev–Trinajstić information content (AvgIpc) is 2.65. The number of ether oxygens (including phenoxy) is 2. The molecule has 2 atom stereocenters. The summed E-state index contributed by atoms with van der Waals surface area (Å²) in [5, 5.41) is 19.8. The number of aliphatic hydroxyl groups is 2. The molecule has 0 fully saturated rings. The van der Waals surface area contributed by atoms with Crippen LogP contribution >= 0.6 is 24.8 Å². The second-order valence-corrected chi connectivity index (χ2v) is 6.84. The first kappa shape index (κ1) is 33.0. The highest BCUT2D eigenvalue weighted by molar-refractivity contribution is 5.85. The normalized spacial score (nSPS) is 13.3. The minimum atomic E-state index is -0.397. The van der Waals surface area contributed by atoms with Gasteiger partial charge >= 0.3 is 0 Å². The lowest BCUT2D eigenvalue weighted by molar-refractivity contribution is 0.0142. The minimum absolute atomic E-state index is 0. The highest BCUT2D eigenvalue weighted by Crippen LogP contribution is 2.02. The zero-order chi connectivity index (χ0) is 19.6. The lowest BCUT2D eigenvalue weighted by Gasteiger charge is -2.21. The zero-order valence-corrected chi connectivity index (χ0v) is 20.1. The summed E-state index contributed by atoms with van der Waals surface area (Å²) in [5.41, 5.74) is 0. The van der Waals surface area contributed by atoms with Crippen LogP contribution in [0.2, 0.25) is 0 Å². The molecule has 6 nitrogen and oxygen atoms in total. The van der Waals surface area contributed by atoms with Crippen LogP contribution in [0.25, 0.3) is 0 Å². The van der Waals surface area contributed by atoms with Gasteiger partial charge in [-0.25, -0.2) is 0 Å². The number of nitrogens with zero attached hydrogens (tertiary/aromatic N) is 2. The highest BCUT2D eigenvalue weighted by Gasteiger charge is 2.09. The summed E-state index contributed by atoms with van der Waals surface area (Å²) >= 11 is 0. The van der Waals surface area contributed by atoms with Gasteiger partial charge in [-0.3, -0.25) is 0 Å². The molecule has 28 heavy (non-hydrogen) atoms. The van der Waals surface area contributed by atoms with E-state index in [0.29, 0.717) is 39.5 Å². The molecule has 0 aromatic carbocycles. The largest absolute Gasteiger partial charge is 0.389 e. The molecule has 0 aliphatic rings. The summed E-state index contributed by atoms with van der Waals surface area (Å²) in [5.74, 6) is 0. The first-order chi connectivity index (χ1) is 12.6. The molecule has 0 rings (SSSR count). The molecular weight excluding hydrogens is 403 g/mol. The van der Waals surface area contributed by atoms with Gasteiger partial charge in [-0.2, -0.15) is 0 Å². The van der Waals surface area contributed by atoms with E-state index < -0.39 is 12.2 Å². The number of aliphatic hydroxyl groups excluding tert-OH is 2. The van der Waals surface area contributed by atoms with Crippen molar-refractivity contribution in [1.82, 2.24) is 9.80 Å². The van der Waals surface area contributed by atoms with Crippen molar-refractivity contribution in [3.63, 3.8) is 0 Å². The Labute approximate surface area is 185 Å². The molecule has 0 bridgehead atoms. The van der Waals surface area contributed by atoms with Crippen LogP contribution in [0.3, 0.4) is 0 Å². The van der Waals surface area contributed by atoms with E-state index in [1.54, 1.807) is 0 Å². The highest BCUT2D eigenvalue weighted by atomic mass is 35.5. The fourth-order valence-electron chi connectivity index (χ4n) is 2.87. The summed E-state index contributed by atoms with van der Waals surface area (Å²) in [6, 6.07) is 0. The maximum atomic E-state index is 9.91. The Morgan fingerprint density at radius 3 is 1.21 bits per heavy atom. The van der Waals surface area contributed by atoms with Crippen molar-refractivity contribution in [2.24, 2.45) is 0 Å². The van der Waals surface area contributed by atoms with Crippen molar-refractivity contribution in [2.45, 2.75) is 65.6 Å². The van der Waals surface area contributed by atoms with Crippen molar-refractivity contribution < 1.29 is 19.7 Å². The van der Waals surface area contributed by atoms with Crippen molar-refractivity contribution >= 4 is 24.8 Å². The molecule has 0 amide bonds. The quantitative estimate of drug-likeness (QED) is 0.296. The molecule has 0 radical (unpaired) electrons. The van der Waals surface area contributed by atoms with Gasteiger partial charge in [-0.15, -0.1) is 24.8 Å². The molecule has 2 N–H and O–H groups in total. The summed E-state index contributed by atoms with van der Waals surface area (Å²) < 4.78 is 11.1. The standard InChI is InChI=1S/C20H44N2O4.2ClH/c1-5-21(6-2)15-19(23)17-25-13-11-9-10-12-14-26-18-20(24)16-22(7-3)8-4;;/h19-20,23-24H,5-18H2,1-4H3;2*1H. The van der Waals surface area contributed by atoms with E-state index in [1.807, 2.05) is 0 Å². The lowest BCUT2D eigenvalue weighted by atomic mass is 10.2. The van der Waals surface area contributed by atoms with E-state index in [9.17, 15) is 10.2 Å². The van der Waals surface area contributed by atoms with Gasteiger partial charge in [0.15, 0.2) is 0 Å². The fourth-order valence-corrected chi connectivity index (χ4v) is 2.87. The number of unbranched alkanes of at least 4 members (excludes halogenated alkanes) is 3. The second kappa shape index (κ2) is 23.6. The van der Waals surface area contributed by atoms with Gasteiger partial charge in [-0.1, -0.05) is 40.5 Å². The predicted octanol–water partition coefficient (Wildman–Crippen LogP) is 2.83. The number of hydrogen-bond acceptors (Lipinski definition) is 6. The Bertz CT molecular complexity index is 269. The van der Waals surface area contributed by atoms with Gasteiger partial charge < -0.3 is 29.5 Å². The number of rotatable bonds is 19. The maximum Gasteiger partial charge on any atom is 0.0900 e. The SMILES string of the molecule is CCN(CC)CC(O)COCCCCCCOCC(O)CN(CC)CC.Cl.Cl. The van der Waals surface area contributed by atoms with Gasteiger partial charge in [0, 0.05) is 26.3 Å². The Morgan fingerprint density at radius 2 is 0.929 bits per heavy atom. The monoisotopic (exact) mass is 448 g/mol. The van der Waals surface area contributed by atoms with Crippen LogP contribution in [-0.4, -0.2) is 97.9 Å². The van der Waals surface area contributed by atoms with Crippen molar-refractivity contribution in [1.29, 1.82) is 0 Å². The van der Waals surface area contributed by atoms with Crippen molar-refractivity contribution in [3.05, 3.63) is 0 Å². The zero-order valence-electron chi connectivity index (χ0n) is 18.5. The lowest BCUT2D eigenvalue weighted by Crippen LogP contribution is -2.34. The van der Waals surface area contributed by atoms with Crippen LogP contribution in [0.4, 0.5) is 0 Å². The van der Waals surface area contributed by atoms with Crippen LogP contribution in [0.5, 0.6) is 0 Å². The molecule has 0 aliphatic heterocycles. The van der Waals surface area contributed by atoms with Gasteiger partial charge in [0.2, 0.25) is 0 Å². The first-order valence-corrected chi connectivity index (χ1v) is 10.5. The summed E-state index contributed by atoms with van der Waals surface area (Å²) in [6.07, 6.45) is 3.46. The molecule has 0 aromatic heterocycles. The number of hydrogen-bond donors (Lipinski definition) is 2. The summed E-state index contributed by atoms with van der Waals surface area (Å²) in [6.45, 7) is 15.9.